The van der Waals surface area contributed by atoms with E-state index in [9.17, 15) is 0 Å². The Labute approximate surface area is 133 Å². The molecule has 0 rings (SSSR count). The van der Waals surface area contributed by atoms with Crippen LogP contribution >= 0.6 is 11.8 Å². The molecule has 0 saturated heterocycles. The van der Waals surface area contributed by atoms with Gasteiger partial charge in [-0.1, -0.05) is 97.3 Å². The Kier molecular flexibility index (Phi) is 19.7. The highest BCUT2D eigenvalue weighted by Gasteiger charge is 1.94. The average molecular weight is 300 g/mol. The van der Waals surface area contributed by atoms with Crippen LogP contribution in [0.3, 0.4) is 0 Å². The number of hydrogen-bond acceptors (Lipinski definition) is 1. The maximum atomic E-state index is 3.89. The minimum absolute atomic E-state index is 1.12. The van der Waals surface area contributed by atoms with Crippen LogP contribution < -0.4 is 0 Å². The molecule has 0 heterocycles. The fraction of sp³-hybridized carbons (Fsp3) is 0.947. The van der Waals surface area contributed by atoms with E-state index in [1.54, 1.807) is 0 Å². The molecule has 0 fully saturated rings. The van der Waals surface area contributed by atoms with Crippen LogP contribution in [0.4, 0.5) is 0 Å². The molecular formula is C19H39S. The third-order valence-electron chi connectivity index (χ3n) is 3.93. The zero-order valence-corrected chi connectivity index (χ0v) is 15.0. The van der Waals surface area contributed by atoms with E-state index in [0.29, 0.717) is 0 Å². The van der Waals surface area contributed by atoms with Crippen LogP contribution in [0.2, 0.25) is 0 Å². The van der Waals surface area contributed by atoms with E-state index in [0.717, 1.165) is 6.42 Å². The first-order valence-electron chi connectivity index (χ1n) is 9.28. The SMILES string of the molecule is [CH2]CCCCCCCCCCSCCCCCCCC. The molecule has 1 radical (unpaired) electrons. The molecule has 0 aliphatic heterocycles. The monoisotopic (exact) mass is 299 g/mol. The van der Waals surface area contributed by atoms with Crippen LogP contribution in [0.15, 0.2) is 0 Å². The predicted molar refractivity (Wildman–Crippen MR) is 97.6 cm³/mol. The quantitative estimate of drug-likeness (QED) is 0.252. The first kappa shape index (κ1) is 20.3. The van der Waals surface area contributed by atoms with Gasteiger partial charge in [0.1, 0.15) is 0 Å². The zero-order chi connectivity index (χ0) is 14.7. The van der Waals surface area contributed by atoms with Gasteiger partial charge >= 0.3 is 0 Å². The van der Waals surface area contributed by atoms with Crippen LogP contribution in [0.25, 0.3) is 0 Å². The lowest BCUT2D eigenvalue weighted by atomic mass is 10.1. The summed E-state index contributed by atoms with van der Waals surface area (Å²) in [4.78, 5) is 0. The molecule has 121 valence electrons. The van der Waals surface area contributed by atoms with Crippen molar-refractivity contribution in [3.05, 3.63) is 6.92 Å². The van der Waals surface area contributed by atoms with Crippen molar-refractivity contribution < 1.29 is 0 Å². The van der Waals surface area contributed by atoms with E-state index in [1.807, 2.05) is 0 Å². The number of unbranched alkanes of at least 4 members (excludes halogenated alkanes) is 13. The molecule has 0 spiro atoms. The Hall–Kier alpha value is 0.350. The van der Waals surface area contributed by atoms with Gasteiger partial charge in [-0.25, -0.2) is 0 Å². The van der Waals surface area contributed by atoms with Gasteiger partial charge in [0.05, 0.1) is 0 Å². The average Bonchev–Trinajstić information content (AvgIpc) is 2.47. The van der Waals surface area contributed by atoms with Gasteiger partial charge < -0.3 is 0 Å². The summed E-state index contributed by atoms with van der Waals surface area (Å²) in [5.41, 5.74) is 0. The third kappa shape index (κ3) is 18.4. The topological polar surface area (TPSA) is 0 Å². The summed E-state index contributed by atoms with van der Waals surface area (Å²) in [5, 5.41) is 0. The highest BCUT2D eigenvalue weighted by molar-refractivity contribution is 7.99. The van der Waals surface area contributed by atoms with Crippen molar-refractivity contribution in [2.45, 2.75) is 103 Å². The van der Waals surface area contributed by atoms with Crippen molar-refractivity contribution in [2.75, 3.05) is 11.5 Å². The second-order valence-electron chi connectivity index (χ2n) is 6.06. The van der Waals surface area contributed by atoms with E-state index >= 15 is 0 Å². The molecule has 0 aromatic heterocycles. The van der Waals surface area contributed by atoms with Crippen LogP contribution in [0, 0.1) is 6.92 Å². The number of thioether (sulfide) groups is 1. The lowest BCUT2D eigenvalue weighted by molar-refractivity contribution is 0.578. The largest absolute Gasteiger partial charge is 0.162 e. The summed E-state index contributed by atoms with van der Waals surface area (Å²) in [5.74, 6) is 2.80. The highest BCUT2D eigenvalue weighted by atomic mass is 32.2. The molecule has 0 unspecified atom stereocenters. The molecular weight excluding hydrogens is 260 g/mol. The highest BCUT2D eigenvalue weighted by Crippen LogP contribution is 2.14. The Morgan fingerprint density at radius 3 is 1.40 bits per heavy atom. The molecule has 0 nitrogen and oxygen atoms in total. The van der Waals surface area contributed by atoms with E-state index in [-0.39, 0.29) is 0 Å². The van der Waals surface area contributed by atoms with E-state index < -0.39 is 0 Å². The summed E-state index contributed by atoms with van der Waals surface area (Å²) >= 11 is 2.18. The molecule has 0 aromatic rings. The van der Waals surface area contributed by atoms with Gasteiger partial charge in [-0.3, -0.25) is 0 Å². The summed E-state index contributed by atoms with van der Waals surface area (Å²) in [6.45, 7) is 6.18. The van der Waals surface area contributed by atoms with Gasteiger partial charge in [0.25, 0.3) is 0 Å². The fourth-order valence-corrected chi connectivity index (χ4v) is 3.55. The van der Waals surface area contributed by atoms with E-state index in [1.165, 1.54) is 101 Å². The fourth-order valence-electron chi connectivity index (χ4n) is 2.53. The van der Waals surface area contributed by atoms with Crippen molar-refractivity contribution in [3.63, 3.8) is 0 Å². The normalized spacial score (nSPS) is 11.1. The first-order chi connectivity index (χ1) is 9.91. The molecule has 0 aromatic carbocycles. The molecule has 20 heavy (non-hydrogen) atoms. The Morgan fingerprint density at radius 2 is 0.950 bits per heavy atom. The van der Waals surface area contributed by atoms with Crippen molar-refractivity contribution >= 4 is 11.8 Å². The smallest absolute Gasteiger partial charge is 0.00675 e. The summed E-state index contributed by atoms with van der Waals surface area (Å²) in [6, 6.07) is 0. The van der Waals surface area contributed by atoms with E-state index in [2.05, 4.69) is 25.6 Å². The van der Waals surface area contributed by atoms with Gasteiger partial charge in [-0.15, -0.1) is 0 Å². The first-order valence-corrected chi connectivity index (χ1v) is 10.4. The minimum atomic E-state index is 1.12. The standard InChI is InChI=1S/C19H39S/c1-3-5-7-9-11-12-13-15-17-19-20-18-16-14-10-8-6-4-2/h1,3-19H2,2H3. The van der Waals surface area contributed by atoms with Crippen molar-refractivity contribution in [1.82, 2.24) is 0 Å². The maximum Gasteiger partial charge on any atom is -0.00675 e. The Morgan fingerprint density at radius 1 is 0.550 bits per heavy atom. The number of rotatable bonds is 17. The summed E-state index contributed by atoms with van der Waals surface area (Å²) in [7, 11) is 0. The Balaban J connectivity index is 2.89. The molecule has 0 atom stereocenters. The molecule has 0 saturated carbocycles. The predicted octanol–water partition coefficient (Wildman–Crippen LogP) is 7.43. The van der Waals surface area contributed by atoms with Crippen LogP contribution in [-0.2, 0) is 0 Å². The van der Waals surface area contributed by atoms with Gasteiger partial charge in [-0.2, -0.15) is 11.8 Å². The molecule has 0 amide bonds. The van der Waals surface area contributed by atoms with Crippen molar-refractivity contribution in [1.29, 1.82) is 0 Å². The Bertz CT molecular complexity index is 138. The summed E-state index contributed by atoms with van der Waals surface area (Å²) < 4.78 is 0. The maximum absolute atomic E-state index is 3.89. The second kappa shape index (κ2) is 19.4. The molecule has 0 bridgehead atoms. The summed E-state index contributed by atoms with van der Waals surface area (Å²) in [6.07, 6.45) is 21.2. The lowest BCUT2D eigenvalue weighted by Crippen LogP contribution is -1.87. The van der Waals surface area contributed by atoms with Gasteiger partial charge in [0.2, 0.25) is 0 Å². The zero-order valence-electron chi connectivity index (χ0n) is 14.1. The van der Waals surface area contributed by atoms with Crippen LogP contribution in [0.1, 0.15) is 103 Å². The van der Waals surface area contributed by atoms with Gasteiger partial charge in [0, 0.05) is 0 Å². The van der Waals surface area contributed by atoms with Gasteiger partial charge in [0.15, 0.2) is 0 Å². The molecule has 0 aliphatic carbocycles. The van der Waals surface area contributed by atoms with Crippen molar-refractivity contribution in [3.8, 4) is 0 Å². The third-order valence-corrected chi connectivity index (χ3v) is 5.09. The van der Waals surface area contributed by atoms with Crippen LogP contribution in [-0.4, -0.2) is 11.5 Å². The lowest BCUT2D eigenvalue weighted by Gasteiger charge is -2.03. The molecule has 0 aliphatic rings. The van der Waals surface area contributed by atoms with E-state index in [4.69, 9.17) is 0 Å². The van der Waals surface area contributed by atoms with Crippen molar-refractivity contribution in [2.24, 2.45) is 0 Å². The van der Waals surface area contributed by atoms with Gasteiger partial charge in [-0.05, 0) is 24.3 Å². The number of hydrogen-bond donors (Lipinski definition) is 0. The molecule has 0 N–H and O–H groups in total. The second-order valence-corrected chi connectivity index (χ2v) is 7.29. The molecule has 1 heteroatoms. The minimum Gasteiger partial charge on any atom is -0.162 e. The van der Waals surface area contributed by atoms with Crippen LogP contribution in [0.5, 0.6) is 0 Å².